The van der Waals surface area contributed by atoms with Crippen LogP contribution in [0.3, 0.4) is 0 Å². The highest BCUT2D eigenvalue weighted by Gasteiger charge is 2.14. The average Bonchev–Trinajstić information content (AvgIpc) is 3.09. The fraction of sp³-hybridized carbons (Fsp3) is 0.222. The van der Waals surface area contributed by atoms with Gasteiger partial charge in [-0.1, -0.05) is 29.5 Å². The van der Waals surface area contributed by atoms with Gasteiger partial charge < -0.3 is 9.84 Å². The molecule has 3 aromatic rings. The lowest BCUT2D eigenvalue weighted by Crippen LogP contribution is -2.09. The van der Waals surface area contributed by atoms with E-state index in [1.54, 1.807) is 25.4 Å². The SMILES string of the molecule is COc1ccccc1-c1cn(CC(O)c2ccc(S(C)(=O)=O)cc2)nn1. The molecular weight excluding hydrogens is 354 g/mol. The molecule has 1 unspecified atom stereocenters. The summed E-state index contributed by atoms with van der Waals surface area (Å²) in [6, 6.07) is 13.6. The van der Waals surface area contributed by atoms with Crippen molar-refractivity contribution in [1.29, 1.82) is 0 Å². The zero-order valence-electron chi connectivity index (χ0n) is 14.4. The fourth-order valence-electron chi connectivity index (χ4n) is 2.59. The van der Waals surface area contributed by atoms with Crippen molar-refractivity contribution in [1.82, 2.24) is 15.0 Å². The molecule has 0 aliphatic carbocycles. The third-order valence-corrected chi connectivity index (χ3v) is 5.10. The zero-order valence-corrected chi connectivity index (χ0v) is 15.2. The van der Waals surface area contributed by atoms with E-state index in [0.717, 1.165) is 11.8 Å². The third kappa shape index (κ3) is 3.92. The van der Waals surface area contributed by atoms with Gasteiger partial charge in [-0.2, -0.15) is 0 Å². The van der Waals surface area contributed by atoms with E-state index in [0.29, 0.717) is 17.0 Å². The van der Waals surface area contributed by atoms with E-state index in [1.807, 2.05) is 24.3 Å². The maximum absolute atomic E-state index is 11.5. The number of rotatable bonds is 6. The molecule has 2 aromatic carbocycles. The molecule has 0 fully saturated rings. The molecule has 0 aliphatic heterocycles. The minimum Gasteiger partial charge on any atom is -0.496 e. The maximum atomic E-state index is 11.5. The Hall–Kier alpha value is -2.71. The highest BCUT2D eigenvalue weighted by molar-refractivity contribution is 7.90. The first kappa shape index (κ1) is 18.1. The zero-order chi connectivity index (χ0) is 18.7. The van der Waals surface area contributed by atoms with E-state index < -0.39 is 15.9 Å². The highest BCUT2D eigenvalue weighted by atomic mass is 32.2. The molecule has 8 heteroatoms. The Labute approximate surface area is 151 Å². The number of hydrogen-bond donors (Lipinski definition) is 1. The number of hydrogen-bond acceptors (Lipinski definition) is 6. The smallest absolute Gasteiger partial charge is 0.175 e. The van der Waals surface area contributed by atoms with Crippen LogP contribution in [0.25, 0.3) is 11.3 Å². The summed E-state index contributed by atoms with van der Waals surface area (Å²) in [5.74, 6) is 0.691. The first-order chi connectivity index (χ1) is 12.4. The molecule has 3 rings (SSSR count). The number of sulfone groups is 1. The van der Waals surface area contributed by atoms with Gasteiger partial charge in [0.25, 0.3) is 0 Å². The monoisotopic (exact) mass is 373 g/mol. The first-order valence-corrected chi connectivity index (χ1v) is 9.79. The molecule has 1 heterocycles. The summed E-state index contributed by atoms with van der Waals surface area (Å²) in [7, 11) is -1.67. The van der Waals surface area contributed by atoms with Gasteiger partial charge in [0.2, 0.25) is 0 Å². The Morgan fingerprint density at radius 2 is 1.85 bits per heavy atom. The largest absolute Gasteiger partial charge is 0.496 e. The lowest BCUT2D eigenvalue weighted by atomic mass is 10.1. The minimum atomic E-state index is -3.26. The van der Waals surface area contributed by atoms with Crippen LogP contribution < -0.4 is 4.74 Å². The molecule has 0 radical (unpaired) electrons. The van der Waals surface area contributed by atoms with Gasteiger partial charge in [-0.05, 0) is 29.8 Å². The van der Waals surface area contributed by atoms with Gasteiger partial charge in [0.05, 0.1) is 30.9 Å². The van der Waals surface area contributed by atoms with Crippen LogP contribution in [0.5, 0.6) is 5.75 Å². The van der Waals surface area contributed by atoms with E-state index in [-0.39, 0.29) is 11.4 Å². The van der Waals surface area contributed by atoms with Crippen LogP contribution in [0, 0.1) is 0 Å². The Balaban J connectivity index is 1.76. The van der Waals surface area contributed by atoms with Crippen molar-refractivity contribution >= 4 is 9.84 Å². The van der Waals surface area contributed by atoms with Crippen molar-refractivity contribution in [3.63, 3.8) is 0 Å². The summed E-state index contributed by atoms with van der Waals surface area (Å²) >= 11 is 0. The molecule has 136 valence electrons. The number of ether oxygens (including phenoxy) is 1. The minimum absolute atomic E-state index is 0.195. The first-order valence-electron chi connectivity index (χ1n) is 7.90. The normalized spacial score (nSPS) is 12.7. The van der Waals surface area contributed by atoms with Crippen LogP contribution in [-0.2, 0) is 16.4 Å². The maximum Gasteiger partial charge on any atom is 0.175 e. The molecule has 1 aromatic heterocycles. The number of aliphatic hydroxyl groups is 1. The fourth-order valence-corrected chi connectivity index (χ4v) is 3.22. The van der Waals surface area contributed by atoms with Gasteiger partial charge in [0.1, 0.15) is 11.4 Å². The number of benzene rings is 2. The number of nitrogens with zero attached hydrogens (tertiary/aromatic N) is 3. The van der Waals surface area contributed by atoms with E-state index in [4.69, 9.17) is 4.74 Å². The summed E-state index contributed by atoms with van der Waals surface area (Å²) in [5.41, 5.74) is 2.06. The predicted molar refractivity (Wildman–Crippen MR) is 96.5 cm³/mol. The molecule has 7 nitrogen and oxygen atoms in total. The van der Waals surface area contributed by atoms with Crippen LogP contribution in [0.2, 0.25) is 0 Å². The molecule has 0 saturated heterocycles. The van der Waals surface area contributed by atoms with Crippen molar-refractivity contribution in [3.05, 3.63) is 60.3 Å². The van der Waals surface area contributed by atoms with Crippen molar-refractivity contribution < 1.29 is 18.3 Å². The summed E-state index contributed by atoms with van der Waals surface area (Å²) < 4.78 is 29.9. The summed E-state index contributed by atoms with van der Waals surface area (Å²) in [4.78, 5) is 0.215. The van der Waals surface area contributed by atoms with E-state index in [2.05, 4.69) is 10.3 Å². The number of aromatic nitrogens is 3. The molecule has 1 N–H and O–H groups in total. The van der Waals surface area contributed by atoms with E-state index in [1.165, 1.54) is 16.8 Å². The van der Waals surface area contributed by atoms with Crippen molar-refractivity contribution in [3.8, 4) is 17.0 Å². The Bertz CT molecular complexity index is 997. The molecular formula is C18H19N3O4S. The quantitative estimate of drug-likeness (QED) is 0.711. The Kier molecular flexibility index (Phi) is 5.06. The summed E-state index contributed by atoms with van der Waals surface area (Å²) in [5, 5.41) is 18.6. The second kappa shape index (κ2) is 7.27. The molecule has 0 bridgehead atoms. The Morgan fingerprint density at radius 3 is 2.50 bits per heavy atom. The van der Waals surface area contributed by atoms with Gasteiger partial charge in [-0.3, -0.25) is 0 Å². The number of aliphatic hydroxyl groups excluding tert-OH is 1. The van der Waals surface area contributed by atoms with Crippen molar-refractivity contribution in [2.24, 2.45) is 0 Å². The Morgan fingerprint density at radius 1 is 1.15 bits per heavy atom. The molecule has 0 spiro atoms. The number of para-hydroxylation sites is 1. The van der Waals surface area contributed by atoms with Crippen LogP contribution in [-0.4, -0.2) is 41.9 Å². The van der Waals surface area contributed by atoms with Gasteiger partial charge in [0, 0.05) is 11.8 Å². The molecule has 0 aliphatic rings. The highest BCUT2D eigenvalue weighted by Crippen LogP contribution is 2.27. The standard InChI is InChI=1S/C18H19N3O4S/c1-25-18-6-4-3-5-15(18)16-11-21(20-19-16)12-17(22)13-7-9-14(10-8-13)26(2,23)24/h3-11,17,22H,12H2,1-2H3. The van der Waals surface area contributed by atoms with Crippen LogP contribution in [0.15, 0.2) is 59.6 Å². The molecule has 0 amide bonds. The van der Waals surface area contributed by atoms with Crippen LogP contribution in [0.4, 0.5) is 0 Å². The second-order valence-corrected chi connectivity index (χ2v) is 7.90. The third-order valence-electron chi connectivity index (χ3n) is 3.97. The topological polar surface area (TPSA) is 94.3 Å². The van der Waals surface area contributed by atoms with Crippen molar-refractivity contribution in [2.45, 2.75) is 17.5 Å². The van der Waals surface area contributed by atoms with Crippen LogP contribution in [0.1, 0.15) is 11.7 Å². The summed E-state index contributed by atoms with van der Waals surface area (Å²) in [6.07, 6.45) is 2.04. The molecule has 26 heavy (non-hydrogen) atoms. The average molecular weight is 373 g/mol. The molecule has 0 saturated carbocycles. The van der Waals surface area contributed by atoms with Crippen LogP contribution >= 0.6 is 0 Å². The predicted octanol–water partition coefficient (Wildman–Crippen LogP) is 2.09. The van der Waals surface area contributed by atoms with Gasteiger partial charge in [0.15, 0.2) is 9.84 Å². The summed E-state index contributed by atoms with van der Waals surface area (Å²) in [6.45, 7) is 0.195. The molecule has 1 atom stereocenters. The van der Waals surface area contributed by atoms with E-state index >= 15 is 0 Å². The lowest BCUT2D eigenvalue weighted by Gasteiger charge is -2.11. The van der Waals surface area contributed by atoms with Gasteiger partial charge >= 0.3 is 0 Å². The van der Waals surface area contributed by atoms with Gasteiger partial charge in [-0.15, -0.1) is 5.10 Å². The second-order valence-electron chi connectivity index (χ2n) is 5.88. The van der Waals surface area contributed by atoms with Gasteiger partial charge in [-0.25, -0.2) is 13.1 Å². The lowest BCUT2D eigenvalue weighted by molar-refractivity contribution is 0.150. The van der Waals surface area contributed by atoms with Crippen molar-refractivity contribution in [2.75, 3.05) is 13.4 Å². The van der Waals surface area contributed by atoms with E-state index in [9.17, 15) is 13.5 Å². The number of methoxy groups -OCH3 is 1.